The summed E-state index contributed by atoms with van der Waals surface area (Å²) in [5, 5.41) is 13.2. The third-order valence-electron chi connectivity index (χ3n) is 3.96. The number of nitriles is 1. The van der Waals surface area contributed by atoms with Gasteiger partial charge in [0, 0.05) is 29.4 Å². The summed E-state index contributed by atoms with van der Waals surface area (Å²) in [4.78, 5) is 9.50. The number of thiazole rings is 1. The molecule has 0 aliphatic heterocycles. The van der Waals surface area contributed by atoms with E-state index in [-0.39, 0.29) is 0 Å². The second-order valence-corrected chi connectivity index (χ2v) is 7.35. The van der Waals surface area contributed by atoms with Crippen LogP contribution in [0.4, 0.5) is 5.69 Å². The van der Waals surface area contributed by atoms with Crippen LogP contribution in [0.5, 0.6) is 0 Å². The Balaban J connectivity index is 0.000000196. The molecule has 3 rings (SSSR count). The van der Waals surface area contributed by atoms with Crippen LogP contribution >= 0.6 is 23.3 Å². The van der Waals surface area contributed by atoms with Crippen molar-refractivity contribution in [2.75, 3.05) is 25.1 Å². The molecule has 0 saturated carbocycles. The van der Waals surface area contributed by atoms with Gasteiger partial charge < -0.3 is 14.6 Å². The smallest absolute Gasteiger partial charge is 0.109 e. The van der Waals surface area contributed by atoms with Crippen molar-refractivity contribution in [1.82, 2.24) is 14.9 Å². The van der Waals surface area contributed by atoms with Gasteiger partial charge in [0.2, 0.25) is 0 Å². The summed E-state index contributed by atoms with van der Waals surface area (Å²) in [6.07, 6.45) is 5.57. The number of fused-ring (bicyclic) bond motifs is 1. The zero-order valence-corrected chi connectivity index (χ0v) is 16.8. The van der Waals surface area contributed by atoms with Gasteiger partial charge in [-0.05, 0) is 39.6 Å². The van der Waals surface area contributed by atoms with Crippen LogP contribution in [0, 0.1) is 18.3 Å². The highest BCUT2D eigenvalue weighted by Crippen LogP contribution is 2.29. The number of hydrogen-bond donors (Lipinski definition) is 2. The minimum absolute atomic E-state index is 0.444. The number of hydrogen-bond acceptors (Lipinski definition) is 6. The molecule has 5 nitrogen and oxygen atoms in total. The Morgan fingerprint density at radius 2 is 2.16 bits per heavy atom. The SMILES string of the molecule is CC(c1nccs1)N(C)C.CSNc1ccc(C)c2c(C#N)c[nH]c12. The number of benzene rings is 1. The minimum Gasteiger partial charge on any atom is -0.358 e. The molecule has 132 valence electrons. The number of rotatable bonds is 4. The summed E-state index contributed by atoms with van der Waals surface area (Å²) in [6.45, 7) is 4.17. The van der Waals surface area contributed by atoms with Gasteiger partial charge in [0.1, 0.15) is 11.1 Å². The lowest BCUT2D eigenvalue weighted by Crippen LogP contribution is -2.16. The van der Waals surface area contributed by atoms with E-state index in [1.54, 1.807) is 17.5 Å². The van der Waals surface area contributed by atoms with E-state index in [0.717, 1.165) is 22.2 Å². The van der Waals surface area contributed by atoms with Crippen LogP contribution < -0.4 is 4.72 Å². The maximum absolute atomic E-state index is 8.97. The molecule has 0 spiro atoms. The fourth-order valence-electron chi connectivity index (χ4n) is 2.37. The van der Waals surface area contributed by atoms with Crippen molar-refractivity contribution < 1.29 is 0 Å². The molecular formula is C18H23N5S2. The third-order valence-corrected chi connectivity index (χ3v) is 5.33. The van der Waals surface area contributed by atoms with Gasteiger partial charge in [-0.15, -0.1) is 11.3 Å². The zero-order chi connectivity index (χ0) is 18.4. The summed E-state index contributed by atoms with van der Waals surface area (Å²) < 4.78 is 3.19. The third kappa shape index (κ3) is 4.54. The van der Waals surface area contributed by atoms with Crippen molar-refractivity contribution in [1.29, 1.82) is 5.26 Å². The Morgan fingerprint density at radius 1 is 1.40 bits per heavy atom. The van der Waals surface area contributed by atoms with Gasteiger partial charge in [0.25, 0.3) is 0 Å². The van der Waals surface area contributed by atoms with Crippen LogP contribution in [-0.2, 0) is 0 Å². The Bertz CT molecular complexity index is 846. The van der Waals surface area contributed by atoms with Crippen molar-refractivity contribution in [3.8, 4) is 6.07 Å². The van der Waals surface area contributed by atoms with Crippen LogP contribution in [-0.4, -0.2) is 35.2 Å². The molecule has 0 amide bonds. The molecule has 2 aromatic heterocycles. The van der Waals surface area contributed by atoms with E-state index >= 15 is 0 Å². The van der Waals surface area contributed by atoms with Gasteiger partial charge in [-0.3, -0.25) is 0 Å². The molecule has 1 atom stereocenters. The molecule has 3 aromatic rings. The van der Waals surface area contributed by atoms with Gasteiger partial charge in [-0.1, -0.05) is 18.0 Å². The summed E-state index contributed by atoms with van der Waals surface area (Å²) in [7, 11) is 4.12. The van der Waals surface area contributed by atoms with Crippen molar-refractivity contribution >= 4 is 39.9 Å². The summed E-state index contributed by atoms with van der Waals surface area (Å²) in [5.41, 5.74) is 3.84. The molecule has 2 heterocycles. The molecule has 7 heteroatoms. The Morgan fingerprint density at radius 3 is 2.72 bits per heavy atom. The molecule has 0 aliphatic rings. The number of aromatic nitrogens is 2. The Hall–Kier alpha value is -2.01. The maximum atomic E-state index is 8.97. The van der Waals surface area contributed by atoms with E-state index in [1.165, 1.54) is 17.0 Å². The van der Waals surface area contributed by atoms with Crippen molar-refractivity contribution in [2.24, 2.45) is 0 Å². The molecule has 0 fully saturated rings. The highest BCUT2D eigenvalue weighted by atomic mass is 32.2. The fraction of sp³-hybridized carbons (Fsp3) is 0.333. The van der Waals surface area contributed by atoms with Gasteiger partial charge in [-0.2, -0.15) is 5.26 Å². The highest BCUT2D eigenvalue weighted by Gasteiger charge is 2.09. The second kappa shape index (κ2) is 8.90. The highest BCUT2D eigenvalue weighted by molar-refractivity contribution is 7.99. The van der Waals surface area contributed by atoms with E-state index in [1.807, 2.05) is 36.9 Å². The molecule has 0 aliphatic carbocycles. The van der Waals surface area contributed by atoms with E-state index in [9.17, 15) is 0 Å². The van der Waals surface area contributed by atoms with Crippen molar-refractivity contribution in [2.45, 2.75) is 19.9 Å². The second-order valence-electron chi connectivity index (χ2n) is 5.81. The monoisotopic (exact) mass is 373 g/mol. The predicted molar refractivity (Wildman–Crippen MR) is 109 cm³/mol. The molecule has 0 bridgehead atoms. The number of H-pyrrole nitrogens is 1. The fourth-order valence-corrected chi connectivity index (χ4v) is 3.55. The standard InChI is InChI=1S/C11H11N3S.C7H12N2S/c1-7-3-4-9(14-15-2)11-10(7)8(5-12)6-13-11;1-6(9(2)3)7-8-4-5-10-7/h3-4,6,13-14H,1-2H3;4-6H,1-3H3. The Kier molecular flexibility index (Phi) is 6.88. The Labute approximate surface area is 157 Å². The molecule has 1 aromatic carbocycles. The number of anilines is 1. The number of nitrogens with zero attached hydrogens (tertiary/aromatic N) is 3. The van der Waals surface area contributed by atoms with Crippen LogP contribution in [0.2, 0.25) is 0 Å². The largest absolute Gasteiger partial charge is 0.358 e. The van der Waals surface area contributed by atoms with Gasteiger partial charge in [0.15, 0.2) is 0 Å². The normalized spacial score (nSPS) is 11.7. The average Bonchev–Trinajstić information content (AvgIpc) is 3.27. The lowest BCUT2D eigenvalue weighted by Gasteiger charge is -2.16. The van der Waals surface area contributed by atoms with Gasteiger partial charge in [0.05, 0.1) is 22.8 Å². The molecule has 1 unspecified atom stereocenters. The first kappa shape index (κ1) is 19.3. The summed E-state index contributed by atoms with van der Waals surface area (Å²) >= 11 is 3.25. The summed E-state index contributed by atoms with van der Waals surface area (Å²) in [5.74, 6) is 0. The van der Waals surface area contributed by atoms with Gasteiger partial charge >= 0.3 is 0 Å². The van der Waals surface area contributed by atoms with Crippen LogP contribution in [0.15, 0.2) is 29.9 Å². The number of aryl methyl sites for hydroxylation is 1. The first-order valence-electron chi connectivity index (χ1n) is 7.85. The van der Waals surface area contributed by atoms with E-state index in [2.05, 4.69) is 46.7 Å². The van der Waals surface area contributed by atoms with E-state index < -0.39 is 0 Å². The molecule has 0 radical (unpaired) electrons. The average molecular weight is 374 g/mol. The minimum atomic E-state index is 0.444. The number of nitrogens with one attached hydrogen (secondary N) is 2. The quantitative estimate of drug-likeness (QED) is 0.643. The molecular weight excluding hydrogens is 350 g/mol. The van der Waals surface area contributed by atoms with Crippen LogP contribution in [0.1, 0.15) is 29.1 Å². The lowest BCUT2D eigenvalue weighted by molar-refractivity contribution is 0.320. The molecule has 0 saturated heterocycles. The molecule has 2 N–H and O–H groups in total. The van der Waals surface area contributed by atoms with Crippen LogP contribution in [0.3, 0.4) is 0 Å². The molecule has 25 heavy (non-hydrogen) atoms. The first-order chi connectivity index (χ1) is 12.0. The van der Waals surface area contributed by atoms with Crippen molar-refractivity contribution in [3.05, 3.63) is 46.0 Å². The van der Waals surface area contributed by atoms with Crippen LogP contribution in [0.25, 0.3) is 10.9 Å². The van der Waals surface area contributed by atoms with E-state index in [4.69, 9.17) is 5.26 Å². The lowest BCUT2D eigenvalue weighted by atomic mass is 10.1. The predicted octanol–water partition coefficient (Wildman–Crippen LogP) is 4.80. The first-order valence-corrected chi connectivity index (χ1v) is 9.95. The van der Waals surface area contributed by atoms with Crippen molar-refractivity contribution in [3.63, 3.8) is 0 Å². The summed E-state index contributed by atoms with van der Waals surface area (Å²) in [6, 6.07) is 6.68. The van der Waals surface area contributed by atoms with E-state index in [0.29, 0.717) is 11.6 Å². The number of aromatic amines is 1. The maximum Gasteiger partial charge on any atom is 0.109 e. The van der Waals surface area contributed by atoms with Gasteiger partial charge in [-0.25, -0.2) is 4.98 Å². The zero-order valence-electron chi connectivity index (χ0n) is 15.1. The topological polar surface area (TPSA) is 67.7 Å².